The van der Waals surface area contributed by atoms with Gasteiger partial charge in [0.15, 0.2) is 0 Å². The summed E-state index contributed by atoms with van der Waals surface area (Å²) in [5, 5.41) is 2.98. The van der Waals surface area contributed by atoms with Crippen LogP contribution in [-0.2, 0) is 16.6 Å². The molecule has 14 heavy (non-hydrogen) atoms. The van der Waals surface area contributed by atoms with E-state index in [0.717, 1.165) is 24.9 Å². The highest BCUT2D eigenvalue weighted by Crippen LogP contribution is 2.46. The topological polar surface area (TPSA) is 29.1 Å². The number of carbonyl (C=O) groups excluding carboxylic acids is 1. The zero-order valence-corrected chi connectivity index (χ0v) is 8.26. The number of nitrogens with one attached hydrogen (secondary N) is 1. The van der Waals surface area contributed by atoms with E-state index in [-0.39, 0.29) is 11.3 Å². The van der Waals surface area contributed by atoms with Gasteiger partial charge in [-0.1, -0.05) is 12.1 Å². The van der Waals surface area contributed by atoms with Crippen molar-refractivity contribution in [1.29, 1.82) is 0 Å². The Morgan fingerprint density at radius 2 is 2.29 bits per heavy atom. The summed E-state index contributed by atoms with van der Waals surface area (Å²) in [6.07, 6.45) is 3.23. The van der Waals surface area contributed by atoms with Crippen molar-refractivity contribution in [1.82, 2.24) is 0 Å². The van der Waals surface area contributed by atoms with Gasteiger partial charge in [-0.15, -0.1) is 0 Å². The second kappa shape index (κ2) is 2.38. The van der Waals surface area contributed by atoms with Crippen LogP contribution in [0.4, 0.5) is 5.69 Å². The lowest BCUT2D eigenvalue weighted by molar-refractivity contribution is -0.120. The first-order valence-electron chi connectivity index (χ1n) is 5.16. The maximum Gasteiger partial charge on any atom is 0.234 e. The average Bonchev–Trinajstić information content (AvgIpc) is 2.42. The molecular formula is C12H13NO. The van der Waals surface area contributed by atoms with Gasteiger partial charge >= 0.3 is 0 Å². The molecule has 0 saturated heterocycles. The molecule has 72 valence electrons. The molecule has 0 spiro atoms. The van der Waals surface area contributed by atoms with Crippen molar-refractivity contribution in [2.75, 3.05) is 5.32 Å². The first-order chi connectivity index (χ1) is 6.72. The number of hydrogen-bond donors (Lipinski definition) is 1. The number of hydrogen-bond acceptors (Lipinski definition) is 1. The zero-order chi connectivity index (χ0) is 9.76. The van der Waals surface area contributed by atoms with Gasteiger partial charge in [0, 0.05) is 5.69 Å². The van der Waals surface area contributed by atoms with Gasteiger partial charge in [-0.3, -0.25) is 4.79 Å². The van der Waals surface area contributed by atoms with Crippen molar-refractivity contribution in [3.8, 4) is 0 Å². The highest BCUT2D eigenvalue weighted by atomic mass is 16.2. The maximum atomic E-state index is 11.9. The summed E-state index contributed by atoms with van der Waals surface area (Å²) in [5.74, 6) is 0.180. The number of rotatable bonds is 0. The molecule has 1 atom stereocenters. The van der Waals surface area contributed by atoms with Gasteiger partial charge in [0.1, 0.15) is 0 Å². The molecule has 1 aliphatic heterocycles. The summed E-state index contributed by atoms with van der Waals surface area (Å²) in [6, 6.07) is 6.19. The fraction of sp³-hybridized carbons (Fsp3) is 0.417. The van der Waals surface area contributed by atoms with Gasteiger partial charge in [0.05, 0.1) is 5.41 Å². The Morgan fingerprint density at radius 3 is 3.14 bits per heavy atom. The van der Waals surface area contributed by atoms with Crippen LogP contribution in [0.3, 0.4) is 0 Å². The van der Waals surface area contributed by atoms with Crippen LogP contribution >= 0.6 is 0 Å². The molecule has 1 aromatic carbocycles. The predicted molar refractivity (Wildman–Crippen MR) is 55.4 cm³/mol. The SMILES string of the molecule is C[C@@]12CCCc3cccc(c31)NC2=O. The molecule has 0 unspecified atom stereocenters. The van der Waals surface area contributed by atoms with E-state index in [1.54, 1.807) is 0 Å². The molecule has 0 fully saturated rings. The van der Waals surface area contributed by atoms with E-state index in [2.05, 4.69) is 18.3 Å². The largest absolute Gasteiger partial charge is 0.325 e. The Morgan fingerprint density at radius 1 is 1.43 bits per heavy atom. The Labute approximate surface area is 83.3 Å². The Kier molecular flexibility index (Phi) is 1.37. The highest BCUT2D eigenvalue weighted by molar-refractivity contribution is 6.06. The first-order valence-corrected chi connectivity index (χ1v) is 5.16. The first kappa shape index (κ1) is 8.04. The highest BCUT2D eigenvalue weighted by Gasteiger charge is 2.45. The molecule has 1 aliphatic carbocycles. The summed E-state index contributed by atoms with van der Waals surface area (Å²) in [7, 11) is 0. The zero-order valence-electron chi connectivity index (χ0n) is 8.26. The Balaban J connectivity index is 2.32. The van der Waals surface area contributed by atoms with Crippen molar-refractivity contribution in [3.05, 3.63) is 29.3 Å². The summed E-state index contributed by atoms with van der Waals surface area (Å²) in [6.45, 7) is 2.07. The van der Waals surface area contributed by atoms with Gasteiger partial charge in [-0.05, 0) is 43.4 Å². The molecule has 3 rings (SSSR count). The van der Waals surface area contributed by atoms with Gasteiger partial charge in [-0.2, -0.15) is 0 Å². The molecule has 2 heteroatoms. The third kappa shape index (κ3) is 0.788. The van der Waals surface area contributed by atoms with Crippen LogP contribution in [0, 0.1) is 0 Å². The third-order valence-corrected chi connectivity index (χ3v) is 3.57. The van der Waals surface area contributed by atoms with Crippen molar-refractivity contribution < 1.29 is 4.79 Å². The lowest BCUT2D eigenvalue weighted by Gasteiger charge is -2.28. The van der Waals surface area contributed by atoms with Gasteiger partial charge in [-0.25, -0.2) is 0 Å². The number of amides is 1. The van der Waals surface area contributed by atoms with Crippen LogP contribution in [0.25, 0.3) is 0 Å². The smallest absolute Gasteiger partial charge is 0.234 e. The van der Waals surface area contributed by atoms with E-state index in [4.69, 9.17) is 0 Å². The Bertz CT molecular complexity index is 424. The second-order valence-corrected chi connectivity index (χ2v) is 4.48. The fourth-order valence-electron chi connectivity index (χ4n) is 2.81. The number of aryl methyl sites for hydroxylation is 1. The Hall–Kier alpha value is -1.31. The lowest BCUT2D eigenvalue weighted by atomic mass is 9.72. The fourth-order valence-corrected chi connectivity index (χ4v) is 2.81. The summed E-state index contributed by atoms with van der Waals surface area (Å²) in [5.41, 5.74) is 3.41. The molecule has 2 aliphatic rings. The summed E-state index contributed by atoms with van der Waals surface area (Å²) in [4.78, 5) is 11.9. The van der Waals surface area contributed by atoms with E-state index >= 15 is 0 Å². The molecular weight excluding hydrogens is 174 g/mol. The van der Waals surface area contributed by atoms with Gasteiger partial charge < -0.3 is 5.32 Å². The molecule has 0 bridgehead atoms. The quantitative estimate of drug-likeness (QED) is 0.663. The normalized spacial score (nSPS) is 28.5. The lowest BCUT2D eigenvalue weighted by Crippen LogP contribution is -2.33. The van der Waals surface area contributed by atoms with Crippen LogP contribution in [0.5, 0.6) is 0 Å². The maximum absolute atomic E-state index is 11.9. The minimum absolute atomic E-state index is 0.180. The van der Waals surface area contributed by atoms with Crippen LogP contribution < -0.4 is 5.32 Å². The molecule has 1 N–H and O–H groups in total. The molecule has 0 aromatic heterocycles. The average molecular weight is 187 g/mol. The van der Waals surface area contributed by atoms with Crippen molar-refractivity contribution in [3.63, 3.8) is 0 Å². The van der Waals surface area contributed by atoms with E-state index in [9.17, 15) is 4.79 Å². The van der Waals surface area contributed by atoms with E-state index in [1.807, 2.05) is 12.1 Å². The van der Waals surface area contributed by atoms with Crippen LogP contribution in [-0.4, -0.2) is 5.91 Å². The summed E-state index contributed by atoms with van der Waals surface area (Å²) >= 11 is 0. The molecule has 0 radical (unpaired) electrons. The number of carbonyl (C=O) groups is 1. The van der Waals surface area contributed by atoms with Crippen LogP contribution in [0.15, 0.2) is 18.2 Å². The van der Waals surface area contributed by atoms with Crippen LogP contribution in [0.2, 0.25) is 0 Å². The minimum Gasteiger partial charge on any atom is -0.325 e. The van der Waals surface area contributed by atoms with Crippen molar-refractivity contribution >= 4 is 11.6 Å². The van der Waals surface area contributed by atoms with E-state index < -0.39 is 0 Å². The van der Waals surface area contributed by atoms with E-state index in [1.165, 1.54) is 11.1 Å². The van der Waals surface area contributed by atoms with Crippen LogP contribution in [0.1, 0.15) is 30.9 Å². The molecule has 1 amide bonds. The predicted octanol–water partition coefficient (Wildman–Crippen LogP) is 2.23. The minimum atomic E-state index is -0.246. The van der Waals surface area contributed by atoms with Gasteiger partial charge in [0.2, 0.25) is 5.91 Å². The summed E-state index contributed by atoms with van der Waals surface area (Å²) < 4.78 is 0. The molecule has 1 aromatic rings. The van der Waals surface area contributed by atoms with Crippen molar-refractivity contribution in [2.45, 2.75) is 31.6 Å². The molecule has 1 heterocycles. The number of benzene rings is 1. The monoisotopic (exact) mass is 187 g/mol. The third-order valence-electron chi connectivity index (χ3n) is 3.57. The molecule has 0 saturated carbocycles. The van der Waals surface area contributed by atoms with Crippen molar-refractivity contribution in [2.24, 2.45) is 0 Å². The second-order valence-electron chi connectivity index (χ2n) is 4.48. The number of anilines is 1. The van der Waals surface area contributed by atoms with E-state index in [0.29, 0.717) is 0 Å². The molecule has 2 nitrogen and oxygen atoms in total. The van der Waals surface area contributed by atoms with Gasteiger partial charge in [0.25, 0.3) is 0 Å². The standard InChI is InChI=1S/C12H13NO/c1-12-7-3-5-8-4-2-6-9(10(8)12)13-11(12)14/h2,4,6H,3,5,7H2,1H3,(H,13,14)/t12-/m1/s1.